The van der Waals surface area contributed by atoms with Crippen molar-refractivity contribution >= 4 is 25.6 Å². The van der Waals surface area contributed by atoms with Crippen LogP contribution < -0.4 is 15.4 Å². The standard InChI is InChI=1S/C26H24ClF6N3O2S/c27-39(37,38)36-22-6-2-5-18(12-22)24-8-7-23(35-24)15-34-14-16-3-1-4-17(9-16)19-10-20(25(28,29)30)13-21(11-19)26(31,32)33/h1-6,9-13,23-24,34-36H,7-8,14-15H2/t23-,24?/m0/s1. The van der Waals surface area contributed by atoms with Gasteiger partial charge in [0.25, 0.3) is 0 Å². The Morgan fingerprint density at radius 1 is 0.846 bits per heavy atom. The van der Waals surface area contributed by atoms with Crippen molar-refractivity contribution in [1.29, 1.82) is 0 Å². The summed E-state index contributed by atoms with van der Waals surface area (Å²) in [6.45, 7) is 0.922. The molecule has 39 heavy (non-hydrogen) atoms. The highest BCUT2D eigenvalue weighted by atomic mass is 35.7. The summed E-state index contributed by atoms with van der Waals surface area (Å²) in [5.41, 5.74) is -0.681. The molecule has 5 nitrogen and oxygen atoms in total. The topological polar surface area (TPSA) is 70.2 Å². The highest BCUT2D eigenvalue weighted by Gasteiger charge is 2.37. The fourth-order valence-corrected chi connectivity index (χ4v) is 5.25. The van der Waals surface area contributed by atoms with Crippen molar-refractivity contribution in [3.8, 4) is 11.1 Å². The number of benzene rings is 3. The SMILES string of the molecule is O=S(=O)(Cl)Nc1cccc(C2CC[C@@H](CNCc3cccc(-c4cc(C(F)(F)F)cc(C(F)(F)F)c4)c3)N2)c1. The van der Waals surface area contributed by atoms with Gasteiger partial charge in [-0.15, -0.1) is 0 Å². The van der Waals surface area contributed by atoms with Crippen LogP contribution in [0.2, 0.25) is 0 Å². The summed E-state index contributed by atoms with van der Waals surface area (Å²) in [6, 6.07) is 14.9. The maximum Gasteiger partial charge on any atom is 0.416 e. The zero-order chi connectivity index (χ0) is 28.4. The van der Waals surface area contributed by atoms with E-state index in [2.05, 4.69) is 15.4 Å². The van der Waals surface area contributed by atoms with E-state index in [1.165, 1.54) is 6.07 Å². The molecule has 0 bridgehead atoms. The molecule has 1 aliphatic heterocycles. The zero-order valence-corrected chi connectivity index (χ0v) is 21.8. The quantitative estimate of drug-likeness (QED) is 0.198. The Hall–Kier alpha value is -2.80. The largest absolute Gasteiger partial charge is 0.416 e. The van der Waals surface area contributed by atoms with Crippen molar-refractivity contribution in [1.82, 2.24) is 10.6 Å². The van der Waals surface area contributed by atoms with E-state index >= 15 is 0 Å². The van der Waals surface area contributed by atoms with Gasteiger partial charge in [-0.3, -0.25) is 4.72 Å². The van der Waals surface area contributed by atoms with Gasteiger partial charge >= 0.3 is 21.6 Å². The lowest BCUT2D eigenvalue weighted by atomic mass is 9.98. The molecular weight excluding hydrogens is 568 g/mol. The Labute approximate surface area is 226 Å². The van der Waals surface area contributed by atoms with Crippen molar-refractivity contribution in [2.75, 3.05) is 11.3 Å². The van der Waals surface area contributed by atoms with Gasteiger partial charge in [-0.05, 0) is 71.5 Å². The minimum Gasteiger partial charge on any atom is -0.311 e. The van der Waals surface area contributed by atoms with E-state index in [1.54, 1.807) is 36.4 Å². The maximum absolute atomic E-state index is 13.3. The van der Waals surface area contributed by atoms with Crippen molar-refractivity contribution < 1.29 is 34.8 Å². The molecule has 13 heteroatoms. The summed E-state index contributed by atoms with van der Waals surface area (Å²) < 4.78 is 104. The first-order valence-electron chi connectivity index (χ1n) is 11.9. The van der Waals surface area contributed by atoms with Crippen LogP contribution in [0.15, 0.2) is 66.7 Å². The van der Waals surface area contributed by atoms with Gasteiger partial charge < -0.3 is 10.6 Å². The molecule has 4 rings (SSSR count). The number of halogens is 7. The second-order valence-corrected chi connectivity index (χ2v) is 11.6. The summed E-state index contributed by atoms with van der Waals surface area (Å²) in [5, 5.41) is 6.75. The molecule has 1 unspecified atom stereocenters. The minimum atomic E-state index is -4.92. The van der Waals surface area contributed by atoms with Crippen LogP contribution in [0.4, 0.5) is 32.0 Å². The van der Waals surface area contributed by atoms with Crippen LogP contribution in [0, 0.1) is 0 Å². The summed E-state index contributed by atoms with van der Waals surface area (Å²) in [7, 11) is 1.34. The maximum atomic E-state index is 13.3. The Morgan fingerprint density at radius 3 is 2.15 bits per heavy atom. The van der Waals surface area contributed by atoms with E-state index in [-0.39, 0.29) is 29.3 Å². The summed E-state index contributed by atoms with van der Waals surface area (Å²) in [4.78, 5) is 0. The Kier molecular flexibility index (Phi) is 8.50. The number of alkyl halides is 6. The van der Waals surface area contributed by atoms with Crippen molar-refractivity contribution in [3.05, 3.63) is 89.0 Å². The van der Waals surface area contributed by atoms with Crippen LogP contribution in [-0.2, 0) is 28.1 Å². The third kappa shape index (κ3) is 8.10. The number of nitrogens with one attached hydrogen (secondary N) is 3. The molecule has 0 aliphatic carbocycles. The molecule has 210 valence electrons. The molecule has 0 radical (unpaired) electrons. The molecule has 1 fully saturated rings. The lowest BCUT2D eigenvalue weighted by molar-refractivity contribution is -0.143. The van der Waals surface area contributed by atoms with Gasteiger partial charge in [0.05, 0.1) is 11.1 Å². The van der Waals surface area contributed by atoms with E-state index in [0.29, 0.717) is 24.3 Å². The van der Waals surface area contributed by atoms with E-state index in [0.717, 1.165) is 30.5 Å². The van der Waals surface area contributed by atoms with Gasteiger partial charge in [0.1, 0.15) is 0 Å². The fraction of sp³-hybridized carbons (Fsp3) is 0.308. The lowest BCUT2D eigenvalue weighted by Crippen LogP contribution is -2.34. The molecule has 2 atom stereocenters. The van der Waals surface area contributed by atoms with E-state index in [9.17, 15) is 34.8 Å². The fourth-order valence-electron chi connectivity index (χ4n) is 4.58. The predicted octanol–water partition coefficient (Wildman–Crippen LogP) is 6.87. The first kappa shape index (κ1) is 29.2. The van der Waals surface area contributed by atoms with Crippen LogP contribution in [0.3, 0.4) is 0 Å². The number of rotatable bonds is 8. The van der Waals surface area contributed by atoms with Crippen LogP contribution in [0.1, 0.15) is 41.1 Å². The molecule has 3 N–H and O–H groups in total. The van der Waals surface area contributed by atoms with E-state index in [1.807, 2.05) is 6.07 Å². The number of anilines is 1. The third-order valence-electron chi connectivity index (χ3n) is 6.34. The summed E-state index contributed by atoms with van der Waals surface area (Å²) in [6.07, 6.45) is -8.18. The van der Waals surface area contributed by atoms with E-state index < -0.39 is 32.7 Å². The van der Waals surface area contributed by atoms with Gasteiger partial charge in [0.15, 0.2) is 0 Å². The van der Waals surface area contributed by atoms with Crippen molar-refractivity contribution in [3.63, 3.8) is 0 Å². The molecule has 1 saturated heterocycles. The van der Waals surface area contributed by atoms with E-state index in [4.69, 9.17) is 10.7 Å². The first-order chi connectivity index (χ1) is 18.2. The first-order valence-corrected chi connectivity index (χ1v) is 14.2. The molecule has 0 spiro atoms. The number of hydrogen-bond acceptors (Lipinski definition) is 4. The normalized spacial score (nSPS) is 18.3. The second-order valence-electron chi connectivity index (χ2n) is 9.28. The predicted molar refractivity (Wildman–Crippen MR) is 137 cm³/mol. The van der Waals surface area contributed by atoms with Gasteiger partial charge in [-0.1, -0.05) is 30.3 Å². The molecular formula is C26H24ClF6N3O2S. The second kappa shape index (κ2) is 11.4. The van der Waals surface area contributed by atoms with Crippen LogP contribution in [0.5, 0.6) is 0 Å². The van der Waals surface area contributed by atoms with Crippen LogP contribution in [-0.4, -0.2) is 21.0 Å². The molecule has 1 aliphatic rings. The van der Waals surface area contributed by atoms with Crippen molar-refractivity contribution in [2.45, 2.75) is 43.8 Å². The smallest absolute Gasteiger partial charge is 0.311 e. The lowest BCUT2D eigenvalue weighted by Gasteiger charge is -2.17. The minimum absolute atomic E-state index is 0.00338. The zero-order valence-electron chi connectivity index (χ0n) is 20.2. The Balaban J connectivity index is 1.39. The Bertz CT molecular complexity index is 1400. The summed E-state index contributed by atoms with van der Waals surface area (Å²) in [5.74, 6) is 0. The van der Waals surface area contributed by atoms with Crippen LogP contribution >= 0.6 is 10.7 Å². The van der Waals surface area contributed by atoms with Gasteiger partial charge in [0.2, 0.25) is 0 Å². The van der Waals surface area contributed by atoms with Crippen molar-refractivity contribution in [2.24, 2.45) is 0 Å². The molecule has 1 heterocycles. The molecule has 0 aromatic heterocycles. The molecule has 3 aromatic carbocycles. The Morgan fingerprint density at radius 2 is 1.51 bits per heavy atom. The average Bonchev–Trinajstić information content (AvgIpc) is 3.31. The molecule has 3 aromatic rings. The average molecular weight is 592 g/mol. The number of hydrogen-bond donors (Lipinski definition) is 3. The van der Waals surface area contributed by atoms with Gasteiger partial charge in [0, 0.05) is 41.5 Å². The highest BCUT2D eigenvalue weighted by Crippen LogP contribution is 2.38. The van der Waals surface area contributed by atoms with Gasteiger partial charge in [-0.2, -0.15) is 34.8 Å². The molecule has 0 saturated carbocycles. The highest BCUT2D eigenvalue weighted by molar-refractivity contribution is 8.14. The monoisotopic (exact) mass is 591 g/mol. The van der Waals surface area contributed by atoms with Crippen LogP contribution in [0.25, 0.3) is 11.1 Å². The summed E-state index contributed by atoms with van der Waals surface area (Å²) >= 11 is 0. The van der Waals surface area contributed by atoms with Gasteiger partial charge in [-0.25, -0.2) is 0 Å². The third-order valence-corrected chi connectivity index (χ3v) is 7.05. The molecule has 0 amide bonds.